The lowest BCUT2D eigenvalue weighted by Gasteiger charge is -2.00. The summed E-state index contributed by atoms with van der Waals surface area (Å²) in [5.41, 5.74) is 2.07. The number of aromatic nitrogens is 4. The van der Waals surface area contributed by atoms with Gasteiger partial charge in [0.05, 0.1) is 16.8 Å². The molecule has 1 N–H and O–H groups in total. The number of hydrogen-bond acceptors (Lipinski definition) is 5. The quantitative estimate of drug-likeness (QED) is 0.367. The average molecular weight is 460 g/mol. The number of rotatable bonds is 5. The predicted molar refractivity (Wildman–Crippen MR) is 120 cm³/mol. The lowest BCUT2D eigenvalue weighted by Crippen LogP contribution is -1.83. The Morgan fingerprint density at radius 2 is 1.37 bits per heavy atom. The zero-order chi connectivity index (χ0) is 16.2. The van der Waals surface area contributed by atoms with Crippen LogP contribution < -0.4 is 0 Å². The minimum absolute atomic E-state index is 0. The van der Waals surface area contributed by atoms with Gasteiger partial charge in [-0.3, -0.25) is 9.97 Å². The summed E-state index contributed by atoms with van der Waals surface area (Å²) in [6, 6.07) is 14.4. The lowest BCUT2D eigenvalue weighted by atomic mass is 10.3. The Hall–Kier alpha value is -1.44. The first-order valence-electron chi connectivity index (χ1n) is 7.46. The van der Waals surface area contributed by atoms with Crippen LogP contribution in [-0.2, 0) is 5.75 Å². The molecule has 4 rings (SSSR count). The molecule has 0 unspecified atom stereocenters. The van der Waals surface area contributed by atoms with E-state index in [1.54, 1.807) is 23.5 Å². The van der Waals surface area contributed by atoms with Crippen molar-refractivity contribution in [1.29, 1.82) is 0 Å². The van der Waals surface area contributed by atoms with E-state index in [1.165, 1.54) is 14.7 Å². The highest BCUT2D eigenvalue weighted by Gasteiger charge is 2.06. The number of halogens is 3. The van der Waals surface area contributed by atoms with Gasteiger partial charge in [0.25, 0.3) is 0 Å². The van der Waals surface area contributed by atoms with Crippen molar-refractivity contribution < 1.29 is 0 Å². The Labute approximate surface area is 184 Å². The second kappa shape index (κ2) is 11.4. The number of aromatic amines is 1. The van der Waals surface area contributed by atoms with Crippen molar-refractivity contribution in [3.8, 4) is 0 Å². The molecule has 3 aromatic heterocycles. The summed E-state index contributed by atoms with van der Waals surface area (Å²) in [7, 11) is 0. The number of fused-ring (bicyclic) bond motifs is 1. The van der Waals surface area contributed by atoms with E-state index in [0.29, 0.717) is 0 Å². The van der Waals surface area contributed by atoms with E-state index >= 15 is 0 Å². The number of nitrogens with one attached hydrogen (secondary N) is 1. The number of nitrogens with zero attached hydrogens (tertiary/aromatic N) is 3. The minimum Gasteiger partial charge on any atom is -0.341 e. The molecule has 1 aromatic carbocycles. The highest BCUT2D eigenvalue weighted by Crippen LogP contribution is 2.29. The van der Waals surface area contributed by atoms with Gasteiger partial charge < -0.3 is 4.98 Å². The van der Waals surface area contributed by atoms with E-state index < -0.39 is 0 Å². The van der Waals surface area contributed by atoms with Crippen LogP contribution in [0, 0.1) is 0 Å². The summed E-state index contributed by atoms with van der Waals surface area (Å²) in [5, 5.41) is 0. The molecule has 0 fully saturated rings. The third kappa shape index (κ3) is 6.30. The van der Waals surface area contributed by atoms with Gasteiger partial charge in [0, 0.05) is 39.5 Å². The second-order valence-electron chi connectivity index (χ2n) is 5.12. The van der Waals surface area contributed by atoms with Crippen molar-refractivity contribution in [2.24, 2.45) is 0 Å². The summed E-state index contributed by atoms with van der Waals surface area (Å²) in [4.78, 5) is 19.7. The Bertz CT molecular complexity index is 953. The Morgan fingerprint density at radius 1 is 0.741 bits per heavy atom. The van der Waals surface area contributed by atoms with E-state index in [2.05, 4.69) is 38.1 Å². The number of hydrogen-bond donors (Lipinski definition) is 1. The fraction of sp³-hybridized carbons (Fsp3) is 0.0556. The van der Waals surface area contributed by atoms with Gasteiger partial charge in [-0.05, 0) is 42.5 Å². The van der Waals surface area contributed by atoms with Crippen LogP contribution >= 0.6 is 60.7 Å². The molecular weight excluding hydrogens is 443 g/mol. The van der Waals surface area contributed by atoms with Crippen LogP contribution in [0.1, 0.15) is 5.82 Å². The first kappa shape index (κ1) is 23.6. The molecule has 0 radical (unpaired) electrons. The minimum atomic E-state index is 0. The topological polar surface area (TPSA) is 54.5 Å². The molecular formula is C18H17Cl3N4S2. The SMILES string of the molecule is Cl.Cl.Cl.c1cc(SCc2nc3ccc(Sc4ccncc4)cc3[nH]2)ccn1. The predicted octanol–water partition coefficient (Wildman–Crippen LogP) is 6.06. The maximum Gasteiger partial charge on any atom is 0.117 e. The van der Waals surface area contributed by atoms with Crippen molar-refractivity contribution in [1.82, 2.24) is 19.9 Å². The molecule has 0 aliphatic heterocycles. The van der Waals surface area contributed by atoms with Crippen molar-refractivity contribution in [2.75, 3.05) is 0 Å². The smallest absolute Gasteiger partial charge is 0.117 e. The lowest BCUT2D eigenvalue weighted by molar-refractivity contribution is 1.14. The van der Waals surface area contributed by atoms with Crippen LogP contribution in [0.25, 0.3) is 11.0 Å². The molecule has 0 bridgehead atoms. The summed E-state index contributed by atoms with van der Waals surface area (Å²) in [6.07, 6.45) is 7.24. The molecule has 3 heterocycles. The Kier molecular flexibility index (Phi) is 9.98. The second-order valence-corrected chi connectivity index (χ2v) is 7.31. The molecule has 0 atom stereocenters. The highest BCUT2D eigenvalue weighted by molar-refractivity contribution is 7.99. The number of imidazole rings is 1. The molecule has 0 saturated heterocycles. The summed E-state index contributed by atoms with van der Waals surface area (Å²) in [6.45, 7) is 0. The number of benzene rings is 1. The van der Waals surface area contributed by atoms with Crippen molar-refractivity contribution in [2.45, 2.75) is 20.4 Å². The monoisotopic (exact) mass is 458 g/mol. The third-order valence-electron chi connectivity index (χ3n) is 3.41. The number of pyridine rings is 2. The van der Waals surface area contributed by atoms with Gasteiger partial charge in [-0.1, -0.05) is 11.8 Å². The van der Waals surface area contributed by atoms with Gasteiger partial charge in [0.1, 0.15) is 5.82 Å². The summed E-state index contributed by atoms with van der Waals surface area (Å²) in [5.74, 6) is 1.80. The van der Waals surface area contributed by atoms with E-state index in [9.17, 15) is 0 Å². The van der Waals surface area contributed by atoms with E-state index in [0.717, 1.165) is 22.6 Å². The largest absolute Gasteiger partial charge is 0.341 e. The fourth-order valence-corrected chi connectivity index (χ4v) is 3.90. The summed E-state index contributed by atoms with van der Waals surface area (Å²) < 4.78 is 0. The normalized spacial score (nSPS) is 9.78. The number of H-pyrrole nitrogens is 1. The Balaban J connectivity index is 0.00000121. The molecule has 9 heteroatoms. The van der Waals surface area contributed by atoms with Crippen molar-refractivity contribution in [3.05, 3.63) is 73.1 Å². The van der Waals surface area contributed by atoms with E-state index in [4.69, 9.17) is 0 Å². The van der Waals surface area contributed by atoms with Crippen LogP contribution in [0.5, 0.6) is 0 Å². The average Bonchev–Trinajstić information content (AvgIpc) is 3.04. The molecule has 4 nitrogen and oxygen atoms in total. The van der Waals surface area contributed by atoms with Crippen molar-refractivity contribution in [3.63, 3.8) is 0 Å². The van der Waals surface area contributed by atoms with Gasteiger partial charge in [-0.15, -0.1) is 49.0 Å². The molecule has 0 aliphatic carbocycles. The van der Waals surface area contributed by atoms with Crippen LogP contribution in [-0.4, -0.2) is 19.9 Å². The van der Waals surface area contributed by atoms with Gasteiger partial charge in [0.2, 0.25) is 0 Å². The first-order valence-corrected chi connectivity index (χ1v) is 9.26. The third-order valence-corrected chi connectivity index (χ3v) is 5.43. The molecule has 142 valence electrons. The van der Waals surface area contributed by atoms with Gasteiger partial charge >= 0.3 is 0 Å². The zero-order valence-electron chi connectivity index (χ0n) is 13.9. The maximum absolute atomic E-state index is 4.66. The molecule has 4 aromatic rings. The fourth-order valence-electron chi connectivity index (χ4n) is 2.30. The van der Waals surface area contributed by atoms with E-state index in [-0.39, 0.29) is 37.2 Å². The molecule has 0 saturated carbocycles. The maximum atomic E-state index is 4.66. The van der Waals surface area contributed by atoms with Crippen LogP contribution in [0.4, 0.5) is 0 Å². The molecule has 0 spiro atoms. The summed E-state index contributed by atoms with van der Waals surface area (Å²) >= 11 is 3.47. The van der Waals surface area contributed by atoms with Gasteiger partial charge in [0.15, 0.2) is 0 Å². The zero-order valence-corrected chi connectivity index (χ0v) is 18.0. The molecule has 0 aliphatic rings. The van der Waals surface area contributed by atoms with E-state index in [1.807, 2.05) is 49.1 Å². The van der Waals surface area contributed by atoms with Crippen molar-refractivity contribution >= 4 is 71.8 Å². The van der Waals surface area contributed by atoms with Crippen LogP contribution in [0.2, 0.25) is 0 Å². The molecule has 0 amide bonds. The van der Waals surface area contributed by atoms with Gasteiger partial charge in [-0.25, -0.2) is 4.98 Å². The standard InChI is InChI=1S/C18H14N4S2.3ClH/c1-2-16-17(11-15(1)24-14-5-9-20-10-6-14)22-18(21-16)12-23-13-3-7-19-8-4-13;;;/h1-11H,12H2,(H,21,22);3*1H. The Morgan fingerprint density at radius 3 is 2.04 bits per heavy atom. The van der Waals surface area contributed by atoms with Crippen LogP contribution in [0.15, 0.2) is 81.9 Å². The number of thioether (sulfide) groups is 1. The van der Waals surface area contributed by atoms with Crippen LogP contribution in [0.3, 0.4) is 0 Å². The first-order chi connectivity index (χ1) is 11.9. The highest BCUT2D eigenvalue weighted by atomic mass is 35.5. The molecule has 27 heavy (non-hydrogen) atoms. The van der Waals surface area contributed by atoms with Gasteiger partial charge in [-0.2, -0.15) is 0 Å².